The molecule has 3 atom stereocenters. The van der Waals surface area contributed by atoms with Crippen LogP contribution in [0.3, 0.4) is 0 Å². The zero-order valence-electron chi connectivity index (χ0n) is 36.1. The van der Waals surface area contributed by atoms with Crippen molar-refractivity contribution in [2.24, 2.45) is 17.3 Å². The highest BCUT2D eigenvalue weighted by molar-refractivity contribution is 6.18. The monoisotopic (exact) mass is 857 g/mol. The van der Waals surface area contributed by atoms with E-state index in [2.05, 4.69) is 63.8 Å². The van der Waals surface area contributed by atoms with Crippen molar-refractivity contribution in [3.8, 4) is 28.1 Å². The summed E-state index contributed by atoms with van der Waals surface area (Å²) >= 11 is 5.70. The van der Waals surface area contributed by atoms with E-state index in [1.54, 1.807) is 25.4 Å². The lowest BCUT2D eigenvalue weighted by molar-refractivity contribution is -0.155. The number of fused-ring (bicyclic) bond motifs is 6. The predicted molar refractivity (Wildman–Crippen MR) is 236 cm³/mol. The van der Waals surface area contributed by atoms with Gasteiger partial charge < -0.3 is 35.1 Å². The van der Waals surface area contributed by atoms with E-state index < -0.39 is 35.3 Å². The highest BCUT2D eigenvalue weighted by Gasteiger charge is 2.36. The SMILES string of the molecule is CCn1c(-c2cnccc2COC)c2c3cc(ccc31)-c1cc(O)cc(c1)C[C@H](NC(=O)C(CCNC(=O)NCCCl)C(C)C)C(=O)N1CCC[C@H](N1)C(=O)OCC(C)(C)C2. The summed E-state index contributed by atoms with van der Waals surface area (Å²) in [7, 11) is 1.68. The van der Waals surface area contributed by atoms with Crippen molar-refractivity contribution in [3.05, 3.63) is 71.5 Å². The number of halogens is 1. The maximum Gasteiger partial charge on any atom is 0.324 e. The third-order valence-electron chi connectivity index (χ3n) is 11.6. The molecule has 1 saturated heterocycles. The third-order valence-corrected chi connectivity index (χ3v) is 11.8. The highest BCUT2D eigenvalue weighted by atomic mass is 35.5. The van der Waals surface area contributed by atoms with Crippen molar-refractivity contribution in [2.75, 3.05) is 39.2 Å². The lowest BCUT2D eigenvalue weighted by Crippen LogP contribution is -2.61. The van der Waals surface area contributed by atoms with Crippen LogP contribution in [0.4, 0.5) is 4.79 Å². The van der Waals surface area contributed by atoms with Crippen LogP contribution in [0, 0.1) is 17.3 Å². The summed E-state index contributed by atoms with van der Waals surface area (Å²) in [5, 5.41) is 22.1. The van der Waals surface area contributed by atoms with Crippen molar-refractivity contribution in [3.63, 3.8) is 0 Å². The lowest BCUT2D eigenvalue weighted by Gasteiger charge is -2.36. The molecule has 0 spiro atoms. The van der Waals surface area contributed by atoms with Gasteiger partial charge in [-0.1, -0.05) is 39.8 Å². The number of amides is 4. The zero-order chi connectivity index (χ0) is 43.8. The number of phenolic OH excluding ortho intramolecular Hbond substituents is 1. The number of carbonyl (C=O) groups is 4. The van der Waals surface area contributed by atoms with E-state index in [-0.39, 0.29) is 49.1 Å². The van der Waals surface area contributed by atoms with Gasteiger partial charge in [-0.05, 0) is 96.7 Å². The van der Waals surface area contributed by atoms with E-state index in [1.165, 1.54) is 5.01 Å². The van der Waals surface area contributed by atoms with Crippen LogP contribution in [-0.4, -0.2) is 94.8 Å². The average molecular weight is 858 g/mol. The van der Waals surface area contributed by atoms with Gasteiger partial charge in [0.25, 0.3) is 5.91 Å². The fraction of sp³-hybridized carbons (Fsp3) is 0.500. The Morgan fingerprint density at radius 3 is 2.62 bits per heavy atom. The third kappa shape index (κ3) is 10.8. The Labute approximate surface area is 363 Å². The number of methoxy groups -OCH3 is 1. The fourth-order valence-corrected chi connectivity index (χ4v) is 8.64. The number of carbonyl (C=O) groups excluding carboxylic acids is 4. The van der Waals surface area contributed by atoms with Gasteiger partial charge in [-0.3, -0.25) is 24.4 Å². The first-order valence-electron chi connectivity index (χ1n) is 21.3. The van der Waals surface area contributed by atoms with Crippen molar-refractivity contribution >= 4 is 46.3 Å². The number of rotatable bonds is 12. The van der Waals surface area contributed by atoms with Gasteiger partial charge in [-0.15, -0.1) is 11.6 Å². The molecule has 328 valence electrons. The summed E-state index contributed by atoms with van der Waals surface area (Å²) in [5.74, 6) is -1.57. The quantitative estimate of drug-likeness (QED) is 0.0834. The standard InChI is InChI=1S/C46H60ClN7O7/c1-7-53-40-11-10-30-23-35(40)36(41(53)37-25-48-15-12-31(37)26-60-6)24-46(4,5)27-61-44(58)38-9-8-18-54(52-38)43(57)39(21-29-19-32(30)22-33(55)20-29)51-42(56)34(28(2)3)13-16-49-45(59)50-17-14-47/h10-12,15,19-20,22-23,25,28,34,38-39,52,55H,7-9,13-14,16-18,21,24,26-27H2,1-6H3,(H,51,56)(H2,49,50,59)/t34?,38-,39-/m0/s1. The molecule has 1 fully saturated rings. The molecule has 2 aliphatic rings. The van der Waals surface area contributed by atoms with Gasteiger partial charge in [0, 0.05) is 85.8 Å². The van der Waals surface area contributed by atoms with Crippen LogP contribution in [0.25, 0.3) is 33.3 Å². The number of hydrogen-bond acceptors (Lipinski definition) is 9. The van der Waals surface area contributed by atoms with E-state index in [0.717, 1.165) is 44.4 Å². The highest BCUT2D eigenvalue weighted by Crippen LogP contribution is 2.41. The Hall–Kier alpha value is -5.18. The van der Waals surface area contributed by atoms with Crippen LogP contribution < -0.4 is 21.4 Å². The molecule has 6 bridgehead atoms. The van der Waals surface area contributed by atoms with E-state index in [1.807, 2.05) is 38.2 Å². The van der Waals surface area contributed by atoms with Gasteiger partial charge in [0.15, 0.2) is 0 Å². The van der Waals surface area contributed by atoms with Crippen LogP contribution in [0.5, 0.6) is 5.75 Å². The molecule has 0 aliphatic carbocycles. The fourth-order valence-electron chi connectivity index (χ4n) is 8.54. The summed E-state index contributed by atoms with van der Waals surface area (Å²) in [6.07, 6.45) is 5.62. The molecule has 6 rings (SSSR count). The number of urea groups is 1. The molecule has 1 unspecified atom stereocenters. The topological polar surface area (TPSA) is 176 Å². The van der Waals surface area contributed by atoms with Gasteiger partial charge >= 0.3 is 12.0 Å². The molecule has 5 N–H and O–H groups in total. The minimum atomic E-state index is -1.06. The molecule has 4 aromatic rings. The van der Waals surface area contributed by atoms with Crippen LogP contribution in [-0.2, 0) is 49.9 Å². The van der Waals surface area contributed by atoms with E-state index >= 15 is 0 Å². The van der Waals surface area contributed by atoms with Gasteiger partial charge in [-0.2, -0.15) is 0 Å². The minimum Gasteiger partial charge on any atom is -0.508 e. The molecular weight excluding hydrogens is 798 g/mol. The molecule has 2 aromatic heterocycles. The second-order valence-electron chi connectivity index (χ2n) is 17.2. The number of cyclic esters (lactones) is 1. The molecule has 4 amide bonds. The predicted octanol–water partition coefficient (Wildman–Crippen LogP) is 6.09. The first kappa shape index (κ1) is 45.3. The molecule has 2 aromatic carbocycles. The van der Waals surface area contributed by atoms with E-state index in [4.69, 9.17) is 21.1 Å². The molecule has 4 heterocycles. The Balaban J connectivity index is 1.44. The van der Waals surface area contributed by atoms with Crippen molar-refractivity contribution < 1.29 is 33.8 Å². The largest absolute Gasteiger partial charge is 0.508 e. The summed E-state index contributed by atoms with van der Waals surface area (Å²) in [4.78, 5) is 59.1. The number of aromatic hydroxyl groups is 1. The van der Waals surface area contributed by atoms with Crippen molar-refractivity contribution in [2.45, 2.75) is 92.0 Å². The van der Waals surface area contributed by atoms with Crippen LogP contribution in [0.15, 0.2) is 54.9 Å². The van der Waals surface area contributed by atoms with Gasteiger partial charge in [0.1, 0.15) is 17.8 Å². The van der Waals surface area contributed by atoms with Gasteiger partial charge in [0.2, 0.25) is 5.91 Å². The number of phenols is 1. The Bertz CT molecular complexity index is 2220. The molecule has 0 radical (unpaired) electrons. The normalized spacial score (nSPS) is 18.7. The number of nitrogens with one attached hydrogen (secondary N) is 4. The lowest BCUT2D eigenvalue weighted by atomic mass is 9.84. The van der Waals surface area contributed by atoms with E-state index in [9.17, 15) is 24.3 Å². The molecule has 0 saturated carbocycles. The second kappa shape index (κ2) is 20.1. The Kier molecular flexibility index (Phi) is 15.0. The van der Waals surface area contributed by atoms with Crippen molar-refractivity contribution in [1.82, 2.24) is 35.9 Å². The number of pyridine rings is 1. The van der Waals surface area contributed by atoms with Gasteiger partial charge in [-0.25, -0.2) is 10.2 Å². The first-order chi connectivity index (χ1) is 29.2. The number of aryl methyl sites for hydroxylation is 1. The number of aromatic nitrogens is 2. The molecule has 15 heteroatoms. The summed E-state index contributed by atoms with van der Waals surface area (Å²) < 4.78 is 14.0. The van der Waals surface area contributed by atoms with Crippen LogP contribution in [0.1, 0.15) is 70.6 Å². The smallest absolute Gasteiger partial charge is 0.324 e. The average Bonchev–Trinajstić information content (AvgIpc) is 3.53. The van der Waals surface area contributed by atoms with E-state index in [0.29, 0.717) is 57.5 Å². The van der Waals surface area contributed by atoms with Crippen molar-refractivity contribution in [1.29, 1.82) is 0 Å². The van der Waals surface area contributed by atoms with Crippen LogP contribution >= 0.6 is 11.6 Å². The van der Waals surface area contributed by atoms with Crippen LogP contribution in [0.2, 0.25) is 0 Å². The number of nitrogens with zero attached hydrogens (tertiary/aromatic N) is 3. The summed E-state index contributed by atoms with van der Waals surface area (Å²) in [6.45, 7) is 12.2. The van der Waals surface area contributed by atoms with Gasteiger partial charge in [0.05, 0.1) is 18.9 Å². The summed E-state index contributed by atoms with van der Waals surface area (Å²) in [6, 6.07) is 11.3. The molecular formula is C46H60ClN7O7. The minimum absolute atomic E-state index is 0.0183. The molecule has 14 nitrogen and oxygen atoms in total. The maximum atomic E-state index is 14.5. The second-order valence-corrected chi connectivity index (χ2v) is 17.6. The number of hydrogen-bond donors (Lipinski definition) is 5. The number of esters is 1. The Morgan fingerprint density at radius 1 is 1.10 bits per heavy atom. The first-order valence-corrected chi connectivity index (χ1v) is 21.8. The zero-order valence-corrected chi connectivity index (χ0v) is 36.9. The molecule has 2 aliphatic heterocycles. The number of ether oxygens (including phenoxy) is 2. The Morgan fingerprint density at radius 2 is 1.89 bits per heavy atom. The number of hydrazine groups is 1. The maximum absolute atomic E-state index is 14.5. The summed E-state index contributed by atoms with van der Waals surface area (Å²) in [5.41, 5.74) is 9.92. The number of benzene rings is 2. The molecule has 61 heavy (non-hydrogen) atoms. The number of alkyl halides is 1.